The summed E-state index contributed by atoms with van der Waals surface area (Å²) in [6.45, 7) is 6.32. The van der Waals surface area contributed by atoms with Crippen molar-refractivity contribution in [2.45, 2.75) is 25.9 Å². The predicted molar refractivity (Wildman–Crippen MR) is 136 cm³/mol. The van der Waals surface area contributed by atoms with Gasteiger partial charge in [-0.3, -0.25) is 14.8 Å². The van der Waals surface area contributed by atoms with Crippen LogP contribution < -0.4 is 25.1 Å². The number of rotatable bonds is 8. The number of hydrogen-bond donors (Lipinski definition) is 1. The normalized spacial score (nSPS) is 17.7. The maximum absolute atomic E-state index is 12.6. The molecule has 1 saturated heterocycles. The van der Waals surface area contributed by atoms with Crippen LogP contribution >= 0.6 is 12.4 Å². The van der Waals surface area contributed by atoms with Crippen LogP contribution in [0, 0.1) is 5.92 Å². The van der Waals surface area contributed by atoms with E-state index in [2.05, 4.69) is 20.2 Å². The van der Waals surface area contributed by atoms with E-state index in [4.69, 9.17) is 14.2 Å². The van der Waals surface area contributed by atoms with Crippen molar-refractivity contribution in [1.29, 1.82) is 0 Å². The van der Waals surface area contributed by atoms with Gasteiger partial charge in [0.2, 0.25) is 0 Å². The Morgan fingerprint density at radius 1 is 1.11 bits per heavy atom. The van der Waals surface area contributed by atoms with Crippen LogP contribution in [0.3, 0.4) is 0 Å². The third-order valence-corrected chi connectivity index (χ3v) is 6.52. The van der Waals surface area contributed by atoms with Gasteiger partial charge < -0.3 is 29.0 Å². The summed E-state index contributed by atoms with van der Waals surface area (Å²) in [4.78, 5) is 23.9. The minimum atomic E-state index is -0.00953. The number of ether oxygens (including phenoxy) is 3. The molecule has 0 aromatic carbocycles. The van der Waals surface area contributed by atoms with Crippen LogP contribution in [0.1, 0.15) is 18.5 Å². The summed E-state index contributed by atoms with van der Waals surface area (Å²) in [6.07, 6.45) is 5.79. The zero-order valence-corrected chi connectivity index (χ0v) is 20.8. The van der Waals surface area contributed by atoms with Gasteiger partial charge in [0, 0.05) is 44.4 Å². The number of pyridine rings is 3. The quantitative estimate of drug-likeness (QED) is 0.503. The summed E-state index contributed by atoms with van der Waals surface area (Å²) >= 11 is 0. The van der Waals surface area contributed by atoms with Gasteiger partial charge in [0.1, 0.15) is 19.0 Å². The number of piperidine rings is 1. The minimum Gasteiger partial charge on any atom is -0.495 e. The first-order valence-electron chi connectivity index (χ1n) is 11.9. The fraction of sp³-hybridized carbons (Fsp3) is 0.480. The fourth-order valence-electron chi connectivity index (χ4n) is 4.74. The van der Waals surface area contributed by atoms with Crippen molar-refractivity contribution in [2.24, 2.45) is 5.92 Å². The molecule has 1 N–H and O–H groups in total. The van der Waals surface area contributed by atoms with E-state index in [0.717, 1.165) is 60.8 Å². The SMILES string of the molecule is COc1cnc2ccc(=O)n(CCN3CCCC(CNCc4cc5c(cn4)OCCO5)C3)c2c1.Cl. The van der Waals surface area contributed by atoms with Gasteiger partial charge in [0.05, 0.1) is 36.2 Å². The molecule has 1 fully saturated rings. The lowest BCUT2D eigenvalue weighted by Crippen LogP contribution is -2.41. The number of hydrogen-bond acceptors (Lipinski definition) is 8. The highest BCUT2D eigenvalue weighted by atomic mass is 35.5. The molecule has 1 unspecified atom stereocenters. The molecule has 5 rings (SSSR count). The molecule has 1 atom stereocenters. The third kappa shape index (κ3) is 6.04. The topological polar surface area (TPSA) is 90.7 Å². The molecule has 0 saturated carbocycles. The van der Waals surface area contributed by atoms with Gasteiger partial charge in [-0.25, -0.2) is 0 Å². The summed E-state index contributed by atoms with van der Waals surface area (Å²) < 4.78 is 18.3. The molecule has 9 nitrogen and oxygen atoms in total. The summed E-state index contributed by atoms with van der Waals surface area (Å²) in [5, 5.41) is 3.56. The minimum absolute atomic E-state index is 0. The average molecular weight is 502 g/mol. The zero-order chi connectivity index (χ0) is 23.3. The van der Waals surface area contributed by atoms with Gasteiger partial charge in [-0.1, -0.05) is 0 Å². The second kappa shape index (κ2) is 11.7. The van der Waals surface area contributed by atoms with E-state index in [0.29, 0.717) is 38.0 Å². The highest BCUT2D eigenvalue weighted by Gasteiger charge is 2.20. The number of aromatic nitrogens is 3. The number of nitrogens with zero attached hydrogens (tertiary/aromatic N) is 4. The summed E-state index contributed by atoms with van der Waals surface area (Å²) in [5.41, 5.74) is 2.56. The van der Waals surface area contributed by atoms with E-state index >= 15 is 0 Å². The van der Waals surface area contributed by atoms with Gasteiger partial charge in [-0.2, -0.15) is 0 Å². The maximum atomic E-state index is 12.6. The number of fused-ring (bicyclic) bond motifs is 2. The summed E-state index contributed by atoms with van der Waals surface area (Å²) in [6, 6.07) is 7.21. The van der Waals surface area contributed by atoms with Gasteiger partial charge in [-0.05, 0) is 37.9 Å². The van der Waals surface area contributed by atoms with Crippen LogP contribution in [0.5, 0.6) is 17.2 Å². The highest BCUT2D eigenvalue weighted by Crippen LogP contribution is 2.29. The third-order valence-electron chi connectivity index (χ3n) is 6.52. The average Bonchev–Trinajstić information content (AvgIpc) is 2.88. The first-order valence-corrected chi connectivity index (χ1v) is 11.9. The van der Waals surface area contributed by atoms with Crippen LogP contribution in [0.15, 0.2) is 41.5 Å². The van der Waals surface area contributed by atoms with E-state index < -0.39 is 0 Å². The van der Waals surface area contributed by atoms with Crippen molar-refractivity contribution >= 4 is 23.4 Å². The Morgan fingerprint density at radius 2 is 1.97 bits per heavy atom. The summed E-state index contributed by atoms with van der Waals surface area (Å²) in [7, 11) is 1.61. The molecule has 0 bridgehead atoms. The number of methoxy groups -OCH3 is 1. The Hall–Kier alpha value is -2.88. The standard InChI is InChI=1S/C25H31N5O4.ClH/c1-32-20-12-22-21(28-15-20)4-5-25(31)30(22)8-7-29-6-2-3-18(17-29)13-26-14-19-11-23-24(16-27-19)34-10-9-33-23;/h4-5,11-12,15-16,18,26H,2-3,6-10,13-14,17H2,1H3;1H. The van der Waals surface area contributed by atoms with E-state index in [9.17, 15) is 4.79 Å². The highest BCUT2D eigenvalue weighted by molar-refractivity contribution is 5.85. The maximum Gasteiger partial charge on any atom is 0.251 e. The molecule has 0 spiro atoms. The van der Waals surface area contributed by atoms with Crippen LogP contribution in [0.25, 0.3) is 11.0 Å². The van der Waals surface area contributed by atoms with Crippen molar-refractivity contribution in [3.05, 3.63) is 52.7 Å². The van der Waals surface area contributed by atoms with Crippen molar-refractivity contribution in [2.75, 3.05) is 46.5 Å². The van der Waals surface area contributed by atoms with Gasteiger partial charge >= 0.3 is 0 Å². The van der Waals surface area contributed by atoms with E-state index in [-0.39, 0.29) is 18.0 Å². The second-order valence-electron chi connectivity index (χ2n) is 8.86. The van der Waals surface area contributed by atoms with Crippen molar-refractivity contribution < 1.29 is 14.2 Å². The smallest absolute Gasteiger partial charge is 0.251 e. The number of halogens is 1. The first kappa shape index (κ1) is 25.2. The lowest BCUT2D eigenvalue weighted by Gasteiger charge is -2.33. The molecule has 188 valence electrons. The Morgan fingerprint density at radius 3 is 2.83 bits per heavy atom. The van der Waals surface area contributed by atoms with Crippen molar-refractivity contribution in [3.8, 4) is 17.2 Å². The zero-order valence-electron chi connectivity index (χ0n) is 19.9. The molecule has 5 heterocycles. The van der Waals surface area contributed by atoms with Gasteiger partial charge in [-0.15, -0.1) is 12.4 Å². The van der Waals surface area contributed by atoms with Crippen LogP contribution in [0.4, 0.5) is 0 Å². The molecule has 2 aliphatic rings. The molecule has 0 radical (unpaired) electrons. The molecule has 35 heavy (non-hydrogen) atoms. The largest absolute Gasteiger partial charge is 0.495 e. The molecule has 10 heteroatoms. The predicted octanol–water partition coefficient (Wildman–Crippen LogP) is 2.49. The molecule has 0 aliphatic carbocycles. The van der Waals surface area contributed by atoms with Crippen LogP contribution in [0.2, 0.25) is 0 Å². The van der Waals surface area contributed by atoms with Crippen LogP contribution in [-0.2, 0) is 13.1 Å². The first-order chi connectivity index (χ1) is 16.7. The molecular formula is C25H32ClN5O4. The molecular weight excluding hydrogens is 470 g/mol. The van der Waals surface area contributed by atoms with Gasteiger partial charge in [0.25, 0.3) is 5.56 Å². The molecule has 3 aromatic heterocycles. The molecule has 3 aromatic rings. The fourth-order valence-corrected chi connectivity index (χ4v) is 4.74. The van der Waals surface area contributed by atoms with E-state index in [1.54, 1.807) is 36.2 Å². The Bertz CT molecular complexity index is 1200. The number of likely N-dealkylation sites (tertiary alicyclic amines) is 1. The lowest BCUT2D eigenvalue weighted by atomic mass is 9.98. The molecule has 0 amide bonds. The number of nitrogens with one attached hydrogen (secondary N) is 1. The van der Waals surface area contributed by atoms with E-state index in [1.165, 1.54) is 6.42 Å². The second-order valence-corrected chi connectivity index (χ2v) is 8.86. The van der Waals surface area contributed by atoms with Crippen molar-refractivity contribution in [3.63, 3.8) is 0 Å². The monoisotopic (exact) mass is 501 g/mol. The Kier molecular flexibility index (Phi) is 8.43. The lowest BCUT2D eigenvalue weighted by molar-refractivity contribution is 0.166. The van der Waals surface area contributed by atoms with Crippen LogP contribution in [-0.4, -0.2) is 65.9 Å². The Balaban J connectivity index is 0.00000289. The molecule has 2 aliphatic heterocycles. The summed E-state index contributed by atoms with van der Waals surface area (Å²) in [5.74, 6) is 2.72. The van der Waals surface area contributed by atoms with Gasteiger partial charge in [0.15, 0.2) is 11.5 Å². The Labute approximate surface area is 210 Å². The van der Waals surface area contributed by atoms with E-state index in [1.807, 2.05) is 12.1 Å². The van der Waals surface area contributed by atoms with Crippen molar-refractivity contribution in [1.82, 2.24) is 24.8 Å².